The lowest BCUT2D eigenvalue weighted by Gasteiger charge is -2.37. The minimum atomic E-state index is 0.272. The Hall–Kier alpha value is -0.670. The Kier molecular flexibility index (Phi) is 10.4. The van der Waals surface area contributed by atoms with Gasteiger partial charge < -0.3 is 5.11 Å². The predicted molar refractivity (Wildman–Crippen MR) is 96.3 cm³/mol. The summed E-state index contributed by atoms with van der Waals surface area (Å²) >= 11 is 0. The second kappa shape index (κ2) is 11.8. The fourth-order valence-electron chi connectivity index (χ4n) is 3.39. The number of nitrogens with zero attached hydrogens (tertiary/aromatic N) is 2. The molecule has 22 heavy (non-hydrogen) atoms. The van der Waals surface area contributed by atoms with E-state index in [2.05, 4.69) is 37.2 Å². The second-order valence-electron chi connectivity index (χ2n) is 6.58. The molecule has 0 aromatic heterocycles. The van der Waals surface area contributed by atoms with Gasteiger partial charge in [-0.05, 0) is 39.0 Å². The SMILES string of the molecule is CCCCCC/C=C/CCCCC1N=CC[N+]1(CC)CCO. The highest BCUT2D eigenvalue weighted by molar-refractivity contribution is 5.60. The van der Waals surface area contributed by atoms with Gasteiger partial charge in [0.15, 0.2) is 6.17 Å². The summed E-state index contributed by atoms with van der Waals surface area (Å²) in [6, 6.07) is 0. The van der Waals surface area contributed by atoms with Gasteiger partial charge in [0.1, 0.15) is 13.1 Å². The quantitative estimate of drug-likeness (QED) is 0.307. The molecule has 0 bridgehead atoms. The normalized spacial score (nSPS) is 24.6. The van der Waals surface area contributed by atoms with Crippen LogP contribution in [0, 0.1) is 0 Å². The molecule has 0 aromatic rings. The Labute approximate surface area is 137 Å². The molecule has 3 heteroatoms. The summed E-state index contributed by atoms with van der Waals surface area (Å²) in [4.78, 5) is 4.67. The Bertz CT molecular complexity index is 327. The zero-order chi connectivity index (χ0) is 16.1. The van der Waals surface area contributed by atoms with Crippen LogP contribution >= 0.6 is 0 Å². The first-order valence-electron chi connectivity index (χ1n) is 9.42. The van der Waals surface area contributed by atoms with Gasteiger partial charge in [-0.25, -0.2) is 4.99 Å². The average Bonchev–Trinajstić information content (AvgIpc) is 2.93. The number of hydrogen-bond donors (Lipinski definition) is 1. The number of aliphatic hydroxyl groups excluding tert-OH is 1. The Morgan fingerprint density at radius 1 is 1.09 bits per heavy atom. The molecule has 0 aliphatic carbocycles. The van der Waals surface area contributed by atoms with Crippen LogP contribution in [0.5, 0.6) is 0 Å². The monoisotopic (exact) mass is 309 g/mol. The van der Waals surface area contributed by atoms with Crippen molar-refractivity contribution in [1.82, 2.24) is 0 Å². The van der Waals surface area contributed by atoms with Gasteiger partial charge in [0.2, 0.25) is 0 Å². The first-order valence-corrected chi connectivity index (χ1v) is 9.42. The molecule has 1 N–H and O–H groups in total. The molecule has 3 nitrogen and oxygen atoms in total. The van der Waals surface area contributed by atoms with E-state index in [1.807, 2.05) is 0 Å². The molecular weight excluding hydrogens is 272 g/mol. The zero-order valence-electron chi connectivity index (χ0n) is 14.8. The van der Waals surface area contributed by atoms with Crippen molar-refractivity contribution in [1.29, 1.82) is 0 Å². The molecule has 128 valence electrons. The minimum absolute atomic E-state index is 0.272. The van der Waals surface area contributed by atoms with E-state index in [9.17, 15) is 5.11 Å². The summed E-state index contributed by atoms with van der Waals surface area (Å²) in [7, 11) is 0. The van der Waals surface area contributed by atoms with Gasteiger partial charge in [0.25, 0.3) is 0 Å². The van der Waals surface area contributed by atoms with Crippen molar-refractivity contribution in [3.05, 3.63) is 12.2 Å². The van der Waals surface area contributed by atoms with Crippen LogP contribution in [0.3, 0.4) is 0 Å². The predicted octanol–water partition coefficient (Wildman–Crippen LogP) is 4.31. The summed E-state index contributed by atoms with van der Waals surface area (Å²) in [5, 5.41) is 9.31. The van der Waals surface area contributed by atoms with Crippen molar-refractivity contribution in [3.63, 3.8) is 0 Å². The van der Waals surface area contributed by atoms with Crippen molar-refractivity contribution in [3.8, 4) is 0 Å². The maximum absolute atomic E-state index is 9.31. The highest BCUT2D eigenvalue weighted by Gasteiger charge is 2.36. The van der Waals surface area contributed by atoms with Gasteiger partial charge in [0.05, 0.1) is 19.4 Å². The molecular formula is C19H37N2O+. The van der Waals surface area contributed by atoms with Gasteiger partial charge in [-0.1, -0.05) is 38.3 Å². The van der Waals surface area contributed by atoms with E-state index in [4.69, 9.17) is 0 Å². The van der Waals surface area contributed by atoms with E-state index in [0.29, 0.717) is 6.17 Å². The topological polar surface area (TPSA) is 32.6 Å². The van der Waals surface area contributed by atoms with E-state index in [0.717, 1.165) is 30.5 Å². The maximum atomic E-state index is 9.31. The molecule has 0 aromatic carbocycles. The number of likely N-dealkylation sites (N-methyl/N-ethyl adjacent to an activating group) is 1. The van der Waals surface area contributed by atoms with Crippen LogP contribution < -0.4 is 0 Å². The fraction of sp³-hybridized carbons (Fsp3) is 0.842. The lowest BCUT2D eigenvalue weighted by Crippen LogP contribution is -2.53. The molecule has 0 saturated carbocycles. The molecule has 1 rings (SSSR count). The van der Waals surface area contributed by atoms with Crippen molar-refractivity contribution in [2.24, 2.45) is 4.99 Å². The molecule has 0 spiro atoms. The Morgan fingerprint density at radius 3 is 2.45 bits per heavy atom. The molecule has 1 aliphatic rings. The van der Waals surface area contributed by atoms with Crippen LogP contribution in [0.25, 0.3) is 0 Å². The van der Waals surface area contributed by atoms with Crippen LogP contribution in [0.4, 0.5) is 0 Å². The molecule has 0 fully saturated rings. The lowest BCUT2D eigenvalue weighted by atomic mass is 10.1. The molecule has 2 unspecified atom stereocenters. The van der Waals surface area contributed by atoms with Crippen molar-refractivity contribution in [2.75, 3.05) is 26.2 Å². The summed E-state index contributed by atoms with van der Waals surface area (Å²) in [5.41, 5.74) is 0. The number of aliphatic hydroxyl groups is 1. The minimum Gasteiger partial charge on any atom is -0.391 e. The highest BCUT2D eigenvalue weighted by Crippen LogP contribution is 2.23. The lowest BCUT2D eigenvalue weighted by molar-refractivity contribution is -0.936. The third-order valence-corrected chi connectivity index (χ3v) is 5.00. The van der Waals surface area contributed by atoms with E-state index < -0.39 is 0 Å². The van der Waals surface area contributed by atoms with E-state index in [1.165, 1.54) is 51.4 Å². The van der Waals surface area contributed by atoms with Gasteiger partial charge in [-0.3, -0.25) is 4.48 Å². The number of unbranched alkanes of at least 4 members (excludes halogenated alkanes) is 6. The zero-order valence-corrected chi connectivity index (χ0v) is 14.8. The fourth-order valence-corrected chi connectivity index (χ4v) is 3.39. The summed E-state index contributed by atoms with van der Waals surface area (Å²) in [6.45, 7) is 7.67. The first kappa shape index (κ1) is 19.4. The third-order valence-electron chi connectivity index (χ3n) is 5.00. The van der Waals surface area contributed by atoms with Crippen LogP contribution in [-0.2, 0) is 0 Å². The van der Waals surface area contributed by atoms with Gasteiger partial charge >= 0.3 is 0 Å². The Morgan fingerprint density at radius 2 is 1.82 bits per heavy atom. The average molecular weight is 310 g/mol. The smallest absolute Gasteiger partial charge is 0.182 e. The van der Waals surface area contributed by atoms with Gasteiger partial charge in [0, 0.05) is 6.42 Å². The van der Waals surface area contributed by atoms with Crippen LogP contribution in [0.1, 0.15) is 71.6 Å². The third kappa shape index (κ3) is 6.62. The molecule has 1 heterocycles. The van der Waals surface area contributed by atoms with E-state index in [-0.39, 0.29) is 6.61 Å². The molecule has 0 radical (unpaired) electrons. The molecule has 1 aliphatic heterocycles. The van der Waals surface area contributed by atoms with Crippen LogP contribution in [0.2, 0.25) is 0 Å². The molecule has 0 amide bonds. The molecule has 0 saturated heterocycles. The molecule has 2 atom stereocenters. The maximum Gasteiger partial charge on any atom is 0.182 e. The summed E-state index contributed by atoms with van der Waals surface area (Å²) in [5.74, 6) is 0. The summed E-state index contributed by atoms with van der Waals surface area (Å²) < 4.78 is 0.962. The Balaban J connectivity index is 2.11. The van der Waals surface area contributed by atoms with Crippen LogP contribution in [0.15, 0.2) is 17.1 Å². The number of aliphatic imine (C=N–C) groups is 1. The van der Waals surface area contributed by atoms with Crippen molar-refractivity contribution in [2.45, 2.75) is 77.8 Å². The number of hydrogen-bond acceptors (Lipinski definition) is 2. The summed E-state index contributed by atoms with van der Waals surface area (Å²) in [6.07, 6.45) is 18.7. The van der Waals surface area contributed by atoms with Gasteiger partial charge in [-0.2, -0.15) is 0 Å². The first-order chi connectivity index (χ1) is 10.8. The number of rotatable bonds is 13. The standard InChI is InChI=1S/C19H37N2O/c1-3-5-6-7-8-9-10-11-12-13-14-19-20-15-16-21(19,4-2)17-18-22/h9-10,15,19,22H,3-8,11-14,16-18H2,1-2H3/q+1/b10-9+. The number of allylic oxidation sites excluding steroid dienone is 2. The second-order valence-corrected chi connectivity index (χ2v) is 6.58. The van der Waals surface area contributed by atoms with Crippen molar-refractivity contribution < 1.29 is 9.59 Å². The van der Waals surface area contributed by atoms with Crippen molar-refractivity contribution >= 4 is 6.21 Å². The van der Waals surface area contributed by atoms with E-state index >= 15 is 0 Å². The highest BCUT2D eigenvalue weighted by atomic mass is 16.3. The largest absolute Gasteiger partial charge is 0.391 e. The number of quaternary nitrogens is 1. The van der Waals surface area contributed by atoms with Gasteiger partial charge in [-0.15, -0.1) is 0 Å². The van der Waals surface area contributed by atoms with Crippen LogP contribution in [-0.4, -0.2) is 48.2 Å². The van der Waals surface area contributed by atoms with E-state index in [1.54, 1.807) is 0 Å².